The Morgan fingerprint density at radius 3 is 1.59 bits per heavy atom. The summed E-state index contributed by atoms with van der Waals surface area (Å²) >= 11 is 2.35. The van der Waals surface area contributed by atoms with Gasteiger partial charge in [-0.1, -0.05) is 24.3 Å². The summed E-state index contributed by atoms with van der Waals surface area (Å²) in [7, 11) is -0.301. The first-order valence-corrected chi connectivity index (χ1v) is 13.5. The Morgan fingerprint density at radius 1 is 0.647 bits per heavy atom. The summed E-state index contributed by atoms with van der Waals surface area (Å²) in [6.45, 7) is 4.14. The Kier molecular flexibility index (Phi) is 7.34. The van der Waals surface area contributed by atoms with E-state index in [1.54, 1.807) is 62.8 Å². The van der Waals surface area contributed by atoms with Crippen molar-refractivity contribution in [2.75, 3.05) is 14.2 Å². The molecule has 0 radical (unpaired) electrons. The molecular weight excluding hydrogens is 558 g/mol. The first-order valence-electron chi connectivity index (χ1n) is 10.8. The minimum absolute atomic E-state index is 0.585. The molecule has 4 rings (SSSR count). The van der Waals surface area contributed by atoms with Crippen LogP contribution >= 0.6 is 30.0 Å². The summed E-state index contributed by atoms with van der Waals surface area (Å²) in [6.07, 6.45) is 0. The lowest BCUT2D eigenvalue weighted by atomic mass is 9.96. The van der Waals surface area contributed by atoms with Crippen LogP contribution in [0.5, 0.6) is 17.2 Å². The van der Waals surface area contributed by atoms with Gasteiger partial charge in [-0.3, -0.25) is 4.57 Å². The second kappa shape index (κ2) is 10.2. The molecule has 174 valence electrons. The Balaban J connectivity index is 1.91. The fourth-order valence-corrected chi connectivity index (χ4v) is 6.86. The Labute approximate surface area is 214 Å². The topological polar surface area (TPSA) is 44.8 Å². The van der Waals surface area contributed by atoms with Crippen LogP contribution in [0.25, 0.3) is 11.1 Å². The van der Waals surface area contributed by atoms with Gasteiger partial charge in [0.15, 0.2) is 0 Å². The lowest BCUT2D eigenvalue weighted by molar-refractivity contribution is 0.415. The van der Waals surface area contributed by atoms with Crippen molar-refractivity contribution in [2.24, 2.45) is 0 Å². The van der Waals surface area contributed by atoms with E-state index >= 15 is 0 Å². The zero-order chi connectivity index (χ0) is 24.3. The molecule has 0 N–H and O–H groups in total. The molecule has 34 heavy (non-hydrogen) atoms. The molecule has 0 aliphatic rings. The molecule has 0 atom stereocenters. The maximum absolute atomic E-state index is 14.7. The number of rotatable bonds is 7. The molecule has 0 bridgehead atoms. The summed E-state index contributed by atoms with van der Waals surface area (Å²) < 4.78 is 33.0. The SMILES string of the molecule is COc1ccc(P(=O)(Oc2cccc(C)c2-c2c(C)cccc2I)c2ccc(OC)cc2)cc1. The number of hydrogen-bond donors (Lipinski definition) is 0. The number of ether oxygens (including phenoxy) is 2. The quantitative estimate of drug-likeness (QED) is 0.175. The van der Waals surface area contributed by atoms with Crippen LogP contribution in [0.3, 0.4) is 0 Å². The standard InChI is InChI=1S/C28H26IO4P/c1-19-7-5-9-25(29)27(19)28-20(2)8-6-10-26(28)33-34(30,23-15-11-21(31-3)12-16-23)24-17-13-22(32-4)14-18-24/h5-18H,1-4H3. The highest BCUT2D eigenvalue weighted by Crippen LogP contribution is 2.49. The van der Waals surface area contributed by atoms with E-state index in [9.17, 15) is 4.57 Å². The summed E-state index contributed by atoms with van der Waals surface area (Å²) in [5.74, 6) is 1.97. The van der Waals surface area contributed by atoms with Crippen molar-refractivity contribution in [3.8, 4) is 28.4 Å². The predicted molar refractivity (Wildman–Crippen MR) is 148 cm³/mol. The Morgan fingerprint density at radius 2 is 1.12 bits per heavy atom. The monoisotopic (exact) mass is 584 g/mol. The van der Waals surface area contributed by atoms with E-state index in [0.29, 0.717) is 27.9 Å². The molecule has 0 fully saturated rings. The summed E-state index contributed by atoms with van der Waals surface area (Å²) in [6, 6.07) is 26.5. The van der Waals surface area contributed by atoms with Crippen molar-refractivity contribution in [2.45, 2.75) is 13.8 Å². The van der Waals surface area contributed by atoms with Crippen molar-refractivity contribution < 1.29 is 18.6 Å². The maximum atomic E-state index is 14.7. The lowest BCUT2D eigenvalue weighted by Crippen LogP contribution is -2.20. The van der Waals surface area contributed by atoms with E-state index in [0.717, 1.165) is 25.8 Å². The molecule has 0 aliphatic heterocycles. The molecule has 4 aromatic carbocycles. The van der Waals surface area contributed by atoms with Crippen LogP contribution < -0.4 is 24.6 Å². The highest BCUT2D eigenvalue weighted by Gasteiger charge is 2.32. The molecule has 0 aliphatic carbocycles. The predicted octanol–water partition coefficient (Wildman–Crippen LogP) is 6.90. The van der Waals surface area contributed by atoms with Crippen molar-refractivity contribution in [3.05, 3.63) is 99.6 Å². The Bertz CT molecular complexity index is 1280. The summed E-state index contributed by atoms with van der Waals surface area (Å²) in [5.41, 5.74) is 4.23. The maximum Gasteiger partial charge on any atom is 0.306 e. The number of benzene rings is 4. The van der Waals surface area contributed by atoms with Crippen LogP contribution in [0, 0.1) is 17.4 Å². The van der Waals surface area contributed by atoms with Crippen molar-refractivity contribution in [3.63, 3.8) is 0 Å². The van der Waals surface area contributed by atoms with Crippen LogP contribution in [0.2, 0.25) is 0 Å². The normalized spacial score (nSPS) is 11.2. The van der Waals surface area contributed by atoms with Gasteiger partial charge in [0.25, 0.3) is 0 Å². The van der Waals surface area contributed by atoms with E-state index in [-0.39, 0.29) is 0 Å². The highest BCUT2D eigenvalue weighted by molar-refractivity contribution is 14.1. The molecule has 0 unspecified atom stereocenters. The molecule has 4 nitrogen and oxygen atoms in total. The Hall–Kier alpha value is -2.76. The number of halogens is 1. The fourth-order valence-electron chi connectivity index (χ4n) is 3.94. The highest BCUT2D eigenvalue weighted by atomic mass is 127. The zero-order valence-corrected chi connectivity index (χ0v) is 22.6. The molecule has 0 saturated carbocycles. The van der Waals surface area contributed by atoms with Gasteiger partial charge in [0.05, 0.1) is 24.8 Å². The first-order chi connectivity index (χ1) is 16.4. The first kappa shape index (κ1) is 24.4. The number of hydrogen-bond acceptors (Lipinski definition) is 4. The average molecular weight is 584 g/mol. The van der Waals surface area contributed by atoms with Crippen LogP contribution in [-0.2, 0) is 4.57 Å². The van der Waals surface area contributed by atoms with Crippen molar-refractivity contribution in [1.82, 2.24) is 0 Å². The average Bonchev–Trinajstić information content (AvgIpc) is 2.85. The second-order valence-electron chi connectivity index (χ2n) is 7.92. The van der Waals surface area contributed by atoms with Crippen molar-refractivity contribution >= 4 is 40.6 Å². The second-order valence-corrected chi connectivity index (χ2v) is 11.4. The number of aryl methyl sites for hydroxylation is 2. The zero-order valence-electron chi connectivity index (χ0n) is 19.5. The molecule has 0 spiro atoms. The molecular formula is C28H26IO4P. The van der Waals surface area contributed by atoms with Gasteiger partial charge in [-0.05, 0) is 108 Å². The minimum atomic E-state index is -3.52. The van der Waals surface area contributed by atoms with E-state index in [2.05, 4.69) is 54.6 Å². The fraction of sp³-hybridized carbons (Fsp3) is 0.143. The molecule has 0 saturated heterocycles. The molecule has 0 amide bonds. The van der Waals surface area contributed by atoms with Gasteiger partial charge in [0.2, 0.25) is 0 Å². The van der Waals surface area contributed by atoms with Gasteiger partial charge in [-0.2, -0.15) is 0 Å². The smallest absolute Gasteiger partial charge is 0.306 e. The third-order valence-electron chi connectivity index (χ3n) is 5.76. The third kappa shape index (κ3) is 4.73. The van der Waals surface area contributed by atoms with Crippen LogP contribution in [0.15, 0.2) is 84.9 Å². The number of methoxy groups -OCH3 is 2. The van der Waals surface area contributed by atoms with Gasteiger partial charge in [0, 0.05) is 14.7 Å². The van der Waals surface area contributed by atoms with Gasteiger partial charge in [-0.15, -0.1) is 0 Å². The van der Waals surface area contributed by atoms with E-state index < -0.39 is 7.37 Å². The summed E-state index contributed by atoms with van der Waals surface area (Å²) in [5, 5.41) is 1.18. The lowest BCUT2D eigenvalue weighted by Gasteiger charge is -2.24. The third-order valence-corrected chi connectivity index (χ3v) is 9.07. The van der Waals surface area contributed by atoms with Gasteiger partial charge < -0.3 is 14.0 Å². The van der Waals surface area contributed by atoms with Gasteiger partial charge in [-0.25, -0.2) is 0 Å². The molecule has 4 aromatic rings. The minimum Gasteiger partial charge on any atom is -0.497 e. The van der Waals surface area contributed by atoms with E-state index in [1.165, 1.54) is 0 Å². The molecule has 0 heterocycles. The van der Waals surface area contributed by atoms with Crippen LogP contribution in [0.1, 0.15) is 11.1 Å². The summed E-state index contributed by atoms with van der Waals surface area (Å²) in [4.78, 5) is 0. The molecule has 6 heteroatoms. The van der Waals surface area contributed by atoms with Gasteiger partial charge in [0.1, 0.15) is 17.2 Å². The van der Waals surface area contributed by atoms with Gasteiger partial charge >= 0.3 is 7.37 Å². The molecule has 0 aromatic heterocycles. The van der Waals surface area contributed by atoms with E-state index in [4.69, 9.17) is 14.0 Å². The van der Waals surface area contributed by atoms with E-state index in [1.807, 2.05) is 18.2 Å². The van der Waals surface area contributed by atoms with Crippen molar-refractivity contribution in [1.29, 1.82) is 0 Å². The van der Waals surface area contributed by atoms with Crippen LogP contribution in [0.4, 0.5) is 0 Å². The largest absolute Gasteiger partial charge is 0.497 e. The van der Waals surface area contributed by atoms with Crippen LogP contribution in [-0.4, -0.2) is 14.2 Å².